The predicted molar refractivity (Wildman–Crippen MR) is 68.2 cm³/mol. The summed E-state index contributed by atoms with van der Waals surface area (Å²) in [4.78, 5) is 5.63. The van der Waals surface area contributed by atoms with E-state index in [4.69, 9.17) is 4.84 Å². The van der Waals surface area contributed by atoms with Crippen molar-refractivity contribution in [3.63, 3.8) is 0 Å². The van der Waals surface area contributed by atoms with Gasteiger partial charge in [0.2, 0.25) is 0 Å². The van der Waals surface area contributed by atoms with Crippen LogP contribution < -0.4 is 5.06 Å². The van der Waals surface area contributed by atoms with Gasteiger partial charge in [0, 0.05) is 7.05 Å². The molecule has 0 radical (unpaired) electrons. The molecule has 1 aromatic carbocycles. The van der Waals surface area contributed by atoms with Crippen molar-refractivity contribution in [2.45, 2.75) is 6.61 Å². The summed E-state index contributed by atoms with van der Waals surface area (Å²) in [5.41, 5.74) is 1.69. The number of hydrogen-bond acceptors (Lipinski definition) is 6. The van der Waals surface area contributed by atoms with Gasteiger partial charge in [-0.25, -0.2) is 5.06 Å². The Bertz CT molecular complexity index is 668. The van der Waals surface area contributed by atoms with E-state index in [-0.39, 0.29) is 0 Å². The first kappa shape index (κ1) is 11.5. The quantitative estimate of drug-likeness (QED) is 0.651. The highest BCUT2D eigenvalue weighted by Crippen LogP contribution is 2.10. The molecule has 0 amide bonds. The lowest BCUT2D eigenvalue weighted by Gasteiger charge is -2.17. The monoisotopic (exact) mass is 256 g/mol. The van der Waals surface area contributed by atoms with Crippen LogP contribution in [0.4, 0.5) is 5.82 Å². The first-order valence-corrected chi connectivity index (χ1v) is 5.79. The largest absolute Gasteiger partial charge is 0.267 e. The summed E-state index contributed by atoms with van der Waals surface area (Å²) in [6.07, 6.45) is 0. The zero-order valence-electron chi connectivity index (χ0n) is 10.3. The van der Waals surface area contributed by atoms with Crippen molar-refractivity contribution in [2.75, 3.05) is 12.1 Å². The number of hydroxylamine groups is 1. The molecule has 0 aliphatic rings. The number of nitrogens with zero attached hydrogens (tertiary/aromatic N) is 6. The Kier molecular flexibility index (Phi) is 3.03. The molecule has 2 aromatic heterocycles. The Labute approximate surface area is 109 Å². The molecule has 0 saturated carbocycles. The van der Waals surface area contributed by atoms with E-state index in [1.165, 1.54) is 4.63 Å². The second-order valence-corrected chi connectivity index (χ2v) is 3.97. The van der Waals surface area contributed by atoms with Crippen molar-refractivity contribution in [1.29, 1.82) is 0 Å². The van der Waals surface area contributed by atoms with E-state index in [0.717, 1.165) is 5.56 Å². The van der Waals surface area contributed by atoms with Crippen molar-refractivity contribution in [3.8, 4) is 0 Å². The molecule has 3 rings (SSSR count). The van der Waals surface area contributed by atoms with E-state index >= 15 is 0 Å². The number of anilines is 1. The normalized spacial score (nSPS) is 10.8. The maximum atomic E-state index is 5.63. The minimum atomic E-state index is 0.479. The first-order valence-electron chi connectivity index (χ1n) is 5.79. The molecule has 0 N–H and O–H groups in total. The highest BCUT2D eigenvalue weighted by Gasteiger charge is 2.06. The van der Waals surface area contributed by atoms with Gasteiger partial charge in [-0.05, 0) is 28.1 Å². The number of benzene rings is 1. The summed E-state index contributed by atoms with van der Waals surface area (Å²) in [5.74, 6) is 0.635. The highest BCUT2D eigenvalue weighted by atomic mass is 16.7. The van der Waals surface area contributed by atoms with Gasteiger partial charge in [0.05, 0.1) is 6.61 Å². The lowest BCUT2D eigenvalue weighted by atomic mass is 10.2. The maximum Gasteiger partial charge on any atom is 0.200 e. The molecule has 0 fully saturated rings. The van der Waals surface area contributed by atoms with E-state index in [2.05, 4.69) is 20.6 Å². The van der Waals surface area contributed by atoms with Crippen LogP contribution in [0.2, 0.25) is 0 Å². The van der Waals surface area contributed by atoms with Crippen LogP contribution in [-0.2, 0) is 11.4 Å². The van der Waals surface area contributed by atoms with Gasteiger partial charge in [-0.1, -0.05) is 30.3 Å². The Morgan fingerprint density at radius 3 is 2.84 bits per heavy atom. The second kappa shape index (κ2) is 4.99. The fourth-order valence-corrected chi connectivity index (χ4v) is 1.62. The molecule has 3 aromatic rings. The lowest BCUT2D eigenvalue weighted by molar-refractivity contribution is 0.106. The van der Waals surface area contributed by atoms with Gasteiger partial charge in [-0.15, -0.1) is 14.8 Å². The van der Waals surface area contributed by atoms with E-state index in [0.29, 0.717) is 18.1 Å². The molecule has 0 saturated heterocycles. The molecule has 7 nitrogen and oxygen atoms in total. The van der Waals surface area contributed by atoms with Crippen LogP contribution in [0.15, 0.2) is 42.5 Å². The Morgan fingerprint density at radius 1 is 1.16 bits per heavy atom. The predicted octanol–water partition coefficient (Wildman–Crippen LogP) is 1.09. The van der Waals surface area contributed by atoms with Gasteiger partial charge < -0.3 is 0 Å². The minimum absolute atomic E-state index is 0.479. The van der Waals surface area contributed by atoms with Gasteiger partial charge in [0.15, 0.2) is 11.5 Å². The van der Waals surface area contributed by atoms with Crippen LogP contribution >= 0.6 is 0 Å². The molecule has 0 spiro atoms. The topological polar surface area (TPSA) is 68.4 Å². The second-order valence-electron chi connectivity index (χ2n) is 3.97. The zero-order valence-corrected chi connectivity index (χ0v) is 10.3. The van der Waals surface area contributed by atoms with Crippen LogP contribution in [0.3, 0.4) is 0 Å². The number of tetrazole rings is 1. The van der Waals surface area contributed by atoms with E-state index in [9.17, 15) is 0 Å². The molecule has 0 aliphatic heterocycles. The van der Waals surface area contributed by atoms with Crippen LogP contribution in [0, 0.1) is 0 Å². The maximum absolute atomic E-state index is 5.63. The number of rotatable bonds is 4. The van der Waals surface area contributed by atoms with Gasteiger partial charge in [-0.3, -0.25) is 4.84 Å². The Hall–Kier alpha value is -2.54. The number of aromatic nitrogens is 5. The highest BCUT2D eigenvalue weighted by molar-refractivity contribution is 5.42. The average molecular weight is 256 g/mol. The van der Waals surface area contributed by atoms with Crippen LogP contribution in [-0.4, -0.2) is 32.3 Å². The molecule has 19 heavy (non-hydrogen) atoms. The molecular formula is C12H12N6O. The van der Waals surface area contributed by atoms with Crippen molar-refractivity contribution in [1.82, 2.24) is 25.3 Å². The summed E-state index contributed by atoms with van der Waals surface area (Å²) in [5, 5.41) is 16.9. The fraction of sp³-hybridized carbons (Fsp3) is 0.167. The van der Waals surface area contributed by atoms with Crippen LogP contribution in [0.5, 0.6) is 0 Å². The SMILES string of the molecule is CN(OCc1ccccc1)c1ccc2nnnn2n1. The third kappa shape index (κ3) is 2.50. The van der Waals surface area contributed by atoms with Crippen molar-refractivity contribution >= 4 is 11.5 Å². The van der Waals surface area contributed by atoms with Gasteiger partial charge in [0.25, 0.3) is 0 Å². The molecule has 7 heteroatoms. The molecule has 0 unspecified atom stereocenters. The molecule has 0 atom stereocenters. The number of hydrogen-bond donors (Lipinski definition) is 0. The molecule has 96 valence electrons. The summed E-state index contributed by atoms with van der Waals surface area (Å²) >= 11 is 0. The third-order valence-electron chi connectivity index (χ3n) is 2.65. The average Bonchev–Trinajstić information content (AvgIpc) is 2.93. The zero-order chi connectivity index (χ0) is 13.1. The number of fused-ring (bicyclic) bond motifs is 1. The van der Waals surface area contributed by atoms with Crippen molar-refractivity contribution in [2.24, 2.45) is 0 Å². The van der Waals surface area contributed by atoms with Crippen molar-refractivity contribution < 1.29 is 4.84 Å². The van der Waals surface area contributed by atoms with E-state index in [1.807, 2.05) is 30.3 Å². The summed E-state index contributed by atoms with van der Waals surface area (Å²) < 4.78 is 1.36. The van der Waals surface area contributed by atoms with Crippen LogP contribution in [0.1, 0.15) is 5.56 Å². The molecule has 0 bridgehead atoms. The summed E-state index contributed by atoms with van der Waals surface area (Å²) in [7, 11) is 1.79. The summed E-state index contributed by atoms with van der Waals surface area (Å²) in [6, 6.07) is 13.5. The molecule has 2 heterocycles. The van der Waals surface area contributed by atoms with Gasteiger partial charge >= 0.3 is 0 Å². The first-order chi connectivity index (χ1) is 9.33. The third-order valence-corrected chi connectivity index (χ3v) is 2.65. The summed E-state index contributed by atoms with van der Waals surface area (Å²) in [6.45, 7) is 0.479. The lowest BCUT2D eigenvalue weighted by Crippen LogP contribution is -2.19. The van der Waals surface area contributed by atoms with Crippen molar-refractivity contribution in [3.05, 3.63) is 48.0 Å². The van der Waals surface area contributed by atoms with Crippen LogP contribution in [0.25, 0.3) is 5.65 Å². The van der Waals surface area contributed by atoms with E-state index in [1.54, 1.807) is 24.2 Å². The Balaban J connectivity index is 1.71. The molecule has 0 aliphatic carbocycles. The minimum Gasteiger partial charge on any atom is -0.267 e. The van der Waals surface area contributed by atoms with E-state index < -0.39 is 0 Å². The smallest absolute Gasteiger partial charge is 0.200 e. The van der Waals surface area contributed by atoms with Gasteiger partial charge in [-0.2, -0.15) is 0 Å². The fourth-order valence-electron chi connectivity index (χ4n) is 1.62. The standard InChI is InChI=1S/C12H12N6O/c1-17(19-9-10-5-3-2-4-6-10)12-8-7-11-13-15-16-18(11)14-12/h2-8H,9H2,1H3. The Morgan fingerprint density at radius 2 is 2.00 bits per heavy atom. The van der Waals surface area contributed by atoms with Gasteiger partial charge in [0.1, 0.15) is 0 Å². The molecular weight excluding hydrogens is 244 g/mol.